The number of furan rings is 1. The van der Waals surface area contributed by atoms with E-state index in [0.29, 0.717) is 0 Å². The Morgan fingerprint density at radius 1 is 0.239 bits per heavy atom. The molecule has 5 heterocycles. The molecular formula is C82H56B2N6O2. The first-order chi connectivity index (χ1) is 45.7. The van der Waals surface area contributed by atoms with Gasteiger partial charge in [0.15, 0.2) is 0 Å². The van der Waals surface area contributed by atoms with Crippen molar-refractivity contribution in [3.63, 3.8) is 0 Å². The van der Waals surface area contributed by atoms with Gasteiger partial charge in [-0.15, -0.1) is 0 Å². The Balaban J connectivity index is 0.961. The second-order valence-electron chi connectivity index (χ2n) is 23.6. The van der Waals surface area contributed by atoms with Crippen LogP contribution in [-0.2, 0) is 0 Å². The van der Waals surface area contributed by atoms with Crippen LogP contribution in [0.1, 0.15) is 0 Å². The van der Waals surface area contributed by atoms with Crippen molar-refractivity contribution in [2.75, 3.05) is 29.4 Å². The molecule has 0 N–H and O–H groups in total. The van der Waals surface area contributed by atoms with Crippen LogP contribution in [0.3, 0.4) is 0 Å². The molecule has 0 spiro atoms. The number of hydrogen-bond donors (Lipinski definition) is 0. The summed E-state index contributed by atoms with van der Waals surface area (Å²) < 4.78 is 15.9. The summed E-state index contributed by atoms with van der Waals surface area (Å²) in [6, 6.07) is 122. The predicted molar refractivity (Wildman–Crippen MR) is 383 cm³/mol. The zero-order valence-electron chi connectivity index (χ0n) is 50.0. The minimum absolute atomic E-state index is 0.359. The van der Waals surface area contributed by atoms with E-state index in [1.165, 1.54) is 0 Å². The van der Waals surface area contributed by atoms with Gasteiger partial charge in [-0.1, -0.05) is 188 Å². The van der Waals surface area contributed by atoms with Gasteiger partial charge in [0.05, 0.1) is 22.7 Å². The lowest BCUT2D eigenvalue weighted by Gasteiger charge is -2.44. The molecule has 0 saturated carbocycles. The van der Waals surface area contributed by atoms with Crippen molar-refractivity contribution in [1.82, 2.24) is 0 Å². The van der Waals surface area contributed by atoms with Crippen LogP contribution in [-0.4, -0.2) is 13.4 Å². The first-order valence-corrected chi connectivity index (χ1v) is 31.4. The van der Waals surface area contributed by atoms with E-state index in [1.54, 1.807) is 0 Å². The maximum Gasteiger partial charge on any atom is 0.301 e. The summed E-state index contributed by atoms with van der Waals surface area (Å²) in [5.41, 5.74) is 24.3. The zero-order valence-corrected chi connectivity index (χ0v) is 50.0. The standard InChI is InChI=1S/C82H56B2N6O2/c1-10-30-57(31-11-1)85(58-32-12-2-13-33-58)66-50-51-70-75(55-66)91-76-56-68(87(61-38-18-5-19-39-61)62-40-20-6-21-41-62)54-74-78(76)84(70)82-80(90(74)65-46-26-9-27-47-65)79-81(92-82)83-69-48-28-29-49-71(69)88(63-42-22-7-23-43-63)72-52-67(53-73(77(72)83)89(79)64-44-24-8-25-45-64)86(59-34-14-3-15-35-59)60-36-16-4-17-37-60/h1-56H. The summed E-state index contributed by atoms with van der Waals surface area (Å²) in [5.74, 6) is 1.49. The monoisotopic (exact) mass is 1180 g/mol. The molecule has 10 heteroatoms. The van der Waals surface area contributed by atoms with E-state index in [1.807, 2.05) is 0 Å². The molecule has 18 rings (SSSR count). The van der Waals surface area contributed by atoms with Crippen LogP contribution in [0.15, 0.2) is 344 Å². The van der Waals surface area contributed by atoms with Crippen molar-refractivity contribution in [3.8, 4) is 11.5 Å². The Morgan fingerprint density at radius 2 is 0.565 bits per heavy atom. The SMILES string of the molecule is c1ccc(N(c2ccccc2)c2ccc3c(c2)Oc2cc(N(c4ccccc4)c4ccccc4)cc4c2B3c2oc3c(c2N4c2ccccc2)N(c2ccccc2)c2cc(N(c4ccccc4)c4ccccc4)cc4c2B3c2ccccc2N4c2ccccc2)cc1. The van der Waals surface area contributed by atoms with E-state index >= 15 is 0 Å². The van der Waals surface area contributed by atoms with Crippen LogP contribution >= 0.6 is 0 Å². The third-order valence-corrected chi connectivity index (χ3v) is 18.3. The van der Waals surface area contributed by atoms with Crippen molar-refractivity contribution in [3.05, 3.63) is 340 Å². The number of rotatable bonds is 12. The van der Waals surface area contributed by atoms with Crippen LogP contribution < -0.4 is 67.3 Å². The van der Waals surface area contributed by atoms with Crippen molar-refractivity contribution in [1.29, 1.82) is 0 Å². The van der Waals surface area contributed by atoms with Crippen LogP contribution in [0.25, 0.3) is 0 Å². The van der Waals surface area contributed by atoms with E-state index in [0.717, 1.165) is 147 Å². The number of para-hydroxylation sites is 10. The third kappa shape index (κ3) is 8.56. The Bertz CT molecular complexity index is 4940. The Hall–Kier alpha value is -12.1. The molecule has 0 atom stereocenters. The number of fused-ring (bicyclic) bond motifs is 9. The molecule has 0 bridgehead atoms. The van der Waals surface area contributed by atoms with E-state index in [2.05, 4.69) is 369 Å². The van der Waals surface area contributed by atoms with Crippen LogP contribution in [0, 0.1) is 0 Å². The number of nitrogens with zero attached hydrogens (tertiary/aromatic N) is 6. The molecular weight excluding hydrogens is 1120 g/mol. The quantitative estimate of drug-likeness (QED) is 0.112. The molecule has 8 nitrogen and oxygen atoms in total. The van der Waals surface area contributed by atoms with Gasteiger partial charge < -0.3 is 38.6 Å². The number of hydrogen-bond acceptors (Lipinski definition) is 8. The first-order valence-electron chi connectivity index (χ1n) is 31.4. The number of anilines is 18. The van der Waals surface area contributed by atoms with E-state index in [9.17, 15) is 0 Å². The van der Waals surface area contributed by atoms with Gasteiger partial charge in [-0.25, -0.2) is 0 Å². The lowest BCUT2D eigenvalue weighted by molar-refractivity contribution is 0.487. The van der Waals surface area contributed by atoms with Crippen molar-refractivity contribution in [2.24, 2.45) is 0 Å². The molecule has 0 radical (unpaired) electrons. The van der Waals surface area contributed by atoms with Crippen LogP contribution in [0.5, 0.6) is 11.5 Å². The Morgan fingerprint density at radius 3 is 1.00 bits per heavy atom. The largest absolute Gasteiger partial charge is 0.480 e. The molecule has 0 saturated heterocycles. The highest BCUT2D eigenvalue weighted by molar-refractivity contribution is 7.02. The van der Waals surface area contributed by atoms with Gasteiger partial charge in [0, 0.05) is 97.2 Å². The average Bonchev–Trinajstić information content (AvgIpc) is 1.37. The highest BCUT2D eigenvalue weighted by atomic mass is 16.5. The Labute approximate surface area is 535 Å². The van der Waals surface area contributed by atoms with Gasteiger partial charge in [0.1, 0.15) is 22.9 Å². The molecule has 0 amide bonds. The van der Waals surface area contributed by atoms with Crippen LogP contribution in [0.4, 0.5) is 102 Å². The number of ether oxygens (including phenoxy) is 1. The lowest BCUT2D eigenvalue weighted by atomic mass is 9.35. The topological polar surface area (TPSA) is 41.8 Å². The summed E-state index contributed by atoms with van der Waals surface area (Å²) in [6.07, 6.45) is 0. The molecule has 13 aromatic carbocycles. The van der Waals surface area contributed by atoms with Gasteiger partial charge in [-0.2, -0.15) is 0 Å². The molecule has 92 heavy (non-hydrogen) atoms. The molecule has 4 aliphatic heterocycles. The average molecular weight is 1180 g/mol. The maximum atomic E-state index is 8.25. The first kappa shape index (κ1) is 52.9. The lowest BCUT2D eigenvalue weighted by Crippen LogP contribution is -2.61. The fourth-order valence-corrected chi connectivity index (χ4v) is 14.6. The van der Waals surface area contributed by atoms with E-state index in [-0.39, 0.29) is 6.71 Å². The molecule has 1 aromatic heterocycles. The second-order valence-corrected chi connectivity index (χ2v) is 23.6. The van der Waals surface area contributed by atoms with Gasteiger partial charge in [0.2, 0.25) is 0 Å². The summed E-state index contributed by atoms with van der Waals surface area (Å²) in [7, 11) is 0. The predicted octanol–water partition coefficient (Wildman–Crippen LogP) is 18.2. The van der Waals surface area contributed by atoms with Gasteiger partial charge in [0.25, 0.3) is 6.71 Å². The molecule has 0 fully saturated rings. The highest BCUT2D eigenvalue weighted by Gasteiger charge is 2.53. The summed E-state index contributed by atoms with van der Waals surface area (Å²) in [4.78, 5) is 14.5. The van der Waals surface area contributed by atoms with Gasteiger partial charge in [-0.05, 0) is 156 Å². The highest BCUT2D eigenvalue weighted by Crippen LogP contribution is 2.54. The molecule has 4 aliphatic rings. The fraction of sp³-hybridized carbons (Fsp3) is 0. The Kier molecular flexibility index (Phi) is 12.6. The molecule has 14 aromatic rings. The minimum Gasteiger partial charge on any atom is -0.480 e. The maximum absolute atomic E-state index is 8.25. The number of benzene rings is 13. The molecule has 0 aliphatic carbocycles. The summed E-state index contributed by atoms with van der Waals surface area (Å²) in [6.45, 7) is -0.791. The van der Waals surface area contributed by atoms with E-state index < -0.39 is 6.71 Å². The normalized spacial score (nSPS) is 12.8. The van der Waals surface area contributed by atoms with Gasteiger partial charge >= 0.3 is 6.71 Å². The zero-order chi connectivity index (χ0) is 60.6. The van der Waals surface area contributed by atoms with Crippen molar-refractivity contribution < 1.29 is 9.15 Å². The van der Waals surface area contributed by atoms with Crippen molar-refractivity contribution in [2.45, 2.75) is 0 Å². The third-order valence-electron chi connectivity index (χ3n) is 18.3. The van der Waals surface area contributed by atoms with Crippen LogP contribution in [0.2, 0.25) is 0 Å². The van der Waals surface area contributed by atoms with Crippen molar-refractivity contribution >= 4 is 149 Å². The summed E-state index contributed by atoms with van der Waals surface area (Å²) in [5, 5.41) is 0. The second kappa shape index (κ2) is 21.9. The fourth-order valence-electron chi connectivity index (χ4n) is 14.6. The van der Waals surface area contributed by atoms with E-state index in [4.69, 9.17) is 9.15 Å². The van der Waals surface area contributed by atoms with Gasteiger partial charge in [-0.3, -0.25) is 0 Å². The molecule has 432 valence electrons. The molecule has 0 unspecified atom stereocenters. The summed E-state index contributed by atoms with van der Waals surface area (Å²) >= 11 is 0. The minimum atomic E-state index is -0.432. The smallest absolute Gasteiger partial charge is 0.301 e.